The van der Waals surface area contributed by atoms with Gasteiger partial charge in [0.2, 0.25) is 5.82 Å². The number of anilines is 2. The van der Waals surface area contributed by atoms with Gasteiger partial charge in [-0.05, 0) is 62.3 Å². The van der Waals surface area contributed by atoms with Gasteiger partial charge in [-0.3, -0.25) is 10.1 Å². The second-order valence-electron chi connectivity index (χ2n) is 9.93. The largest absolute Gasteiger partial charge is 0.462 e. The van der Waals surface area contributed by atoms with Crippen molar-refractivity contribution in [3.8, 4) is 0 Å². The van der Waals surface area contributed by atoms with Crippen LogP contribution in [-0.2, 0) is 11.3 Å². The lowest BCUT2D eigenvalue weighted by Gasteiger charge is -2.58. The molecule has 9 heteroatoms. The van der Waals surface area contributed by atoms with E-state index in [1.165, 1.54) is 6.20 Å². The zero-order valence-corrected chi connectivity index (χ0v) is 19.2. The number of ether oxygens (including phenoxy) is 1. The molecule has 5 atom stereocenters. The van der Waals surface area contributed by atoms with Gasteiger partial charge in [0.15, 0.2) is 0 Å². The van der Waals surface area contributed by atoms with Crippen LogP contribution in [0.4, 0.5) is 17.2 Å². The quantitative estimate of drug-likeness (QED) is 0.301. The Hall–Kier alpha value is -3.20. The Kier molecular flexibility index (Phi) is 5.89. The number of nitro groups is 1. The monoisotopic (exact) mass is 466 g/mol. The molecule has 9 nitrogen and oxygen atoms in total. The van der Waals surface area contributed by atoms with Crippen molar-refractivity contribution in [1.29, 1.82) is 0 Å². The number of benzene rings is 1. The highest BCUT2D eigenvalue weighted by Crippen LogP contribution is 2.56. The van der Waals surface area contributed by atoms with E-state index < -0.39 is 16.5 Å². The van der Waals surface area contributed by atoms with Crippen molar-refractivity contribution in [2.75, 3.05) is 17.2 Å². The molecule has 180 valence electrons. The van der Waals surface area contributed by atoms with Crippen molar-refractivity contribution >= 4 is 23.2 Å². The van der Waals surface area contributed by atoms with Gasteiger partial charge in [0.25, 0.3) is 0 Å². The number of esters is 1. The molecule has 0 amide bonds. The summed E-state index contributed by atoms with van der Waals surface area (Å²) in [7, 11) is 0. The Labute approximate surface area is 198 Å². The summed E-state index contributed by atoms with van der Waals surface area (Å²) >= 11 is 0. The van der Waals surface area contributed by atoms with Crippen molar-refractivity contribution in [3.05, 3.63) is 57.8 Å². The summed E-state index contributed by atoms with van der Waals surface area (Å²) in [6.45, 7) is 2.21. The lowest BCUT2D eigenvalue weighted by atomic mass is 9.52. The summed E-state index contributed by atoms with van der Waals surface area (Å²) in [4.78, 5) is 28.8. The summed E-state index contributed by atoms with van der Waals surface area (Å²) in [5.41, 5.74) is 0.293. The molecule has 3 N–H and O–H groups in total. The standard InChI is InChI=1S/C25H30N4O5/c1-2-34-24(30)19-14-27-23(26-13-15-6-4-3-5-7-15)22(29(32)33)21(19)28-20-17-8-16-9-18(20)12-25(31,10-16)11-17/h3-7,14,16-18,20,31H,2,8-13H2,1H3,(H2,26,27,28)/t16-,17+,18-,20+,25+. The molecule has 0 aliphatic heterocycles. The van der Waals surface area contributed by atoms with Gasteiger partial charge in [0.1, 0.15) is 11.3 Å². The molecule has 2 aromatic rings. The van der Waals surface area contributed by atoms with Crippen LogP contribution in [0.25, 0.3) is 0 Å². The molecule has 0 spiro atoms. The lowest BCUT2D eigenvalue weighted by molar-refractivity contribution is -0.383. The maximum Gasteiger partial charge on any atom is 0.342 e. The molecule has 1 aromatic heterocycles. The predicted octanol–water partition coefficient (Wildman–Crippen LogP) is 4.13. The van der Waals surface area contributed by atoms with E-state index in [-0.39, 0.29) is 47.2 Å². The zero-order chi connectivity index (χ0) is 23.9. The number of aliphatic hydroxyl groups is 1. The molecule has 1 aromatic carbocycles. The number of aromatic nitrogens is 1. The van der Waals surface area contributed by atoms with Gasteiger partial charge in [-0.2, -0.15) is 0 Å². The Morgan fingerprint density at radius 3 is 2.56 bits per heavy atom. The normalized spacial score (nSPS) is 29.0. The second kappa shape index (κ2) is 8.87. The predicted molar refractivity (Wildman–Crippen MR) is 127 cm³/mol. The topological polar surface area (TPSA) is 127 Å². The van der Waals surface area contributed by atoms with Gasteiger partial charge < -0.3 is 20.5 Å². The molecular formula is C25H30N4O5. The van der Waals surface area contributed by atoms with Gasteiger partial charge in [0.05, 0.1) is 17.1 Å². The van der Waals surface area contributed by atoms with Crippen LogP contribution in [0.5, 0.6) is 0 Å². The second-order valence-corrected chi connectivity index (χ2v) is 9.93. The Morgan fingerprint density at radius 1 is 1.24 bits per heavy atom. The van der Waals surface area contributed by atoms with Crippen molar-refractivity contribution in [1.82, 2.24) is 4.98 Å². The number of pyridine rings is 1. The van der Waals surface area contributed by atoms with E-state index >= 15 is 0 Å². The van der Waals surface area contributed by atoms with Crippen LogP contribution < -0.4 is 10.6 Å². The zero-order valence-electron chi connectivity index (χ0n) is 19.2. The average Bonchev–Trinajstić information content (AvgIpc) is 2.79. The van der Waals surface area contributed by atoms with Gasteiger partial charge in [0, 0.05) is 18.8 Å². The van der Waals surface area contributed by atoms with Gasteiger partial charge >= 0.3 is 11.7 Å². The van der Waals surface area contributed by atoms with Crippen molar-refractivity contribution in [2.45, 2.75) is 57.2 Å². The van der Waals surface area contributed by atoms with E-state index in [1.807, 2.05) is 30.3 Å². The minimum absolute atomic E-state index is 0.0481. The van der Waals surface area contributed by atoms with Crippen LogP contribution in [-0.4, -0.2) is 39.2 Å². The molecule has 4 aliphatic rings. The fraction of sp³-hybridized carbons (Fsp3) is 0.520. The molecule has 0 unspecified atom stereocenters. The lowest BCUT2D eigenvalue weighted by Crippen LogP contribution is -2.59. The van der Waals surface area contributed by atoms with E-state index in [0.717, 1.165) is 24.8 Å². The minimum Gasteiger partial charge on any atom is -0.462 e. The van der Waals surface area contributed by atoms with Crippen LogP contribution >= 0.6 is 0 Å². The Morgan fingerprint density at radius 2 is 1.94 bits per heavy atom. The summed E-state index contributed by atoms with van der Waals surface area (Å²) in [6, 6.07) is 9.50. The van der Waals surface area contributed by atoms with E-state index in [9.17, 15) is 20.0 Å². The number of carbonyl (C=O) groups is 1. The molecule has 4 aliphatic carbocycles. The molecule has 4 saturated carbocycles. The number of nitrogens with zero attached hydrogens (tertiary/aromatic N) is 2. The highest BCUT2D eigenvalue weighted by molar-refractivity contribution is 5.99. The number of hydrogen-bond donors (Lipinski definition) is 3. The molecule has 0 radical (unpaired) electrons. The Bertz CT molecular complexity index is 1080. The maximum atomic E-state index is 12.7. The van der Waals surface area contributed by atoms with E-state index in [4.69, 9.17) is 4.74 Å². The minimum atomic E-state index is -0.641. The number of hydrogen-bond acceptors (Lipinski definition) is 8. The van der Waals surface area contributed by atoms with Crippen LogP contribution in [0.1, 0.15) is 54.9 Å². The van der Waals surface area contributed by atoms with E-state index in [1.54, 1.807) is 6.92 Å². The first kappa shape index (κ1) is 22.6. The third kappa shape index (κ3) is 4.20. The smallest absolute Gasteiger partial charge is 0.342 e. The highest BCUT2D eigenvalue weighted by atomic mass is 16.6. The molecule has 0 saturated heterocycles. The fourth-order valence-corrected chi connectivity index (χ4v) is 6.48. The first-order valence-corrected chi connectivity index (χ1v) is 12.0. The summed E-state index contributed by atoms with van der Waals surface area (Å²) in [5, 5.41) is 29.7. The van der Waals surface area contributed by atoms with E-state index in [0.29, 0.717) is 25.3 Å². The molecule has 4 fully saturated rings. The third-order valence-electron chi connectivity index (χ3n) is 7.59. The van der Waals surface area contributed by atoms with Crippen LogP contribution in [0, 0.1) is 27.9 Å². The first-order valence-electron chi connectivity index (χ1n) is 12.0. The van der Waals surface area contributed by atoms with Crippen LogP contribution in [0.2, 0.25) is 0 Å². The van der Waals surface area contributed by atoms with Gasteiger partial charge in [-0.1, -0.05) is 30.3 Å². The third-order valence-corrected chi connectivity index (χ3v) is 7.59. The number of nitrogens with one attached hydrogen (secondary N) is 2. The molecule has 6 rings (SSSR count). The van der Waals surface area contributed by atoms with Crippen LogP contribution in [0.15, 0.2) is 36.5 Å². The van der Waals surface area contributed by atoms with Gasteiger partial charge in [-0.15, -0.1) is 0 Å². The summed E-state index contributed by atoms with van der Waals surface area (Å²) < 4.78 is 5.19. The van der Waals surface area contributed by atoms with Crippen molar-refractivity contribution < 1.29 is 19.6 Å². The van der Waals surface area contributed by atoms with Gasteiger partial charge in [-0.25, -0.2) is 9.78 Å². The maximum absolute atomic E-state index is 12.7. The molecule has 34 heavy (non-hydrogen) atoms. The first-order chi connectivity index (χ1) is 16.4. The van der Waals surface area contributed by atoms with Crippen molar-refractivity contribution in [2.24, 2.45) is 17.8 Å². The number of carbonyl (C=O) groups excluding carboxylic acids is 1. The summed E-state index contributed by atoms with van der Waals surface area (Å²) in [5.74, 6) is 0.379. The Balaban J connectivity index is 1.50. The molecule has 4 bridgehead atoms. The summed E-state index contributed by atoms with van der Waals surface area (Å²) in [6.07, 6.45) is 5.55. The fourth-order valence-electron chi connectivity index (χ4n) is 6.48. The van der Waals surface area contributed by atoms with E-state index in [2.05, 4.69) is 15.6 Å². The molecular weight excluding hydrogens is 436 g/mol. The van der Waals surface area contributed by atoms with Crippen LogP contribution in [0.3, 0.4) is 0 Å². The highest BCUT2D eigenvalue weighted by Gasteiger charge is 2.55. The van der Waals surface area contributed by atoms with Crippen molar-refractivity contribution in [3.63, 3.8) is 0 Å². The molecule has 1 heterocycles. The number of rotatable bonds is 8. The average molecular weight is 467 g/mol. The SMILES string of the molecule is CCOC(=O)c1cnc(NCc2ccccc2)c([N+](=O)[O-])c1N[C@@H]1[C@@H]2C[C@H]3C[C@H]1C[C@@](O)(C3)C2.